The Kier molecular flexibility index (Phi) is 2.75. The number of hydrogen-bond acceptors (Lipinski definition) is 2. The van der Waals surface area contributed by atoms with E-state index in [1.54, 1.807) is 6.26 Å². The Morgan fingerprint density at radius 1 is 1.28 bits per heavy atom. The lowest BCUT2D eigenvalue weighted by molar-refractivity contribution is 0.0960. The fourth-order valence-electron chi connectivity index (χ4n) is 2.67. The van der Waals surface area contributed by atoms with Crippen LogP contribution in [0.3, 0.4) is 0 Å². The Morgan fingerprint density at radius 3 is 2.83 bits per heavy atom. The zero-order chi connectivity index (χ0) is 12.7. The van der Waals surface area contributed by atoms with Gasteiger partial charge in [0.05, 0.1) is 11.8 Å². The second-order valence-corrected chi connectivity index (χ2v) is 5.17. The Hall–Kier alpha value is -1.54. The van der Waals surface area contributed by atoms with E-state index < -0.39 is 0 Å². The number of benzene rings is 1. The standard InChI is InChI=1S/C15H13ClO2/c1-9-8-18-14-7-10(6-13(17)15(9)14)11-4-2-3-5-12(11)16/h2-5,8,10H,6-7H2,1H3/t10-/m1/s1. The van der Waals surface area contributed by atoms with Crippen LogP contribution in [0, 0.1) is 6.92 Å². The number of carbonyl (C=O) groups excluding carboxylic acids is 1. The number of hydrogen-bond donors (Lipinski definition) is 0. The maximum atomic E-state index is 12.2. The molecule has 0 radical (unpaired) electrons. The van der Waals surface area contributed by atoms with Crippen molar-refractivity contribution in [2.75, 3.05) is 0 Å². The van der Waals surface area contributed by atoms with Crippen molar-refractivity contribution in [1.29, 1.82) is 0 Å². The molecule has 3 heteroatoms. The van der Waals surface area contributed by atoms with E-state index in [1.165, 1.54) is 0 Å². The smallest absolute Gasteiger partial charge is 0.167 e. The van der Waals surface area contributed by atoms with Crippen molar-refractivity contribution in [2.24, 2.45) is 0 Å². The molecule has 0 spiro atoms. The van der Waals surface area contributed by atoms with Gasteiger partial charge in [-0.1, -0.05) is 29.8 Å². The Morgan fingerprint density at radius 2 is 2.06 bits per heavy atom. The average Bonchev–Trinajstić information content (AvgIpc) is 2.72. The van der Waals surface area contributed by atoms with Crippen molar-refractivity contribution in [3.8, 4) is 0 Å². The molecule has 0 amide bonds. The molecule has 1 atom stereocenters. The molecule has 1 aliphatic rings. The van der Waals surface area contributed by atoms with Crippen molar-refractivity contribution >= 4 is 17.4 Å². The number of carbonyl (C=O) groups is 1. The summed E-state index contributed by atoms with van der Waals surface area (Å²) in [6.07, 6.45) is 2.92. The highest BCUT2D eigenvalue weighted by Gasteiger charge is 2.30. The molecular formula is C15H13ClO2. The molecule has 1 aromatic carbocycles. The fourth-order valence-corrected chi connectivity index (χ4v) is 2.96. The van der Waals surface area contributed by atoms with Crippen LogP contribution in [0.15, 0.2) is 34.9 Å². The molecule has 92 valence electrons. The molecule has 2 nitrogen and oxygen atoms in total. The molecule has 0 saturated carbocycles. The third-order valence-electron chi connectivity index (χ3n) is 3.54. The van der Waals surface area contributed by atoms with Crippen LogP contribution in [0.5, 0.6) is 0 Å². The van der Waals surface area contributed by atoms with Gasteiger partial charge < -0.3 is 4.42 Å². The summed E-state index contributed by atoms with van der Waals surface area (Å²) in [7, 11) is 0. The average molecular weight is 261 g/mol. The molecule has 0 unspecified atom stereocenters. The monoisotopic (exact) mass is 260 g/mol. The first-order valence-electron chi connectivity index (χ1n) is 6.01. The van der Waals surface area contributed by atoms with E-state index in [4.69, 9.17) is 16.0 Å². The van der Waals surface area contributed by atoms with Gasteiger partial charge in [-0.15, -0.1) is 0 Å². The van der Waals surface area contributed by atoms with Gasteiger partial charge in [0.1, 0.15) is 5.76 Å². The van der Waals surface area contributed by atoms with Gasteiger partial charge in [0.15, 0.2) is 5.78 Å². The maximum Gasteiger partial charge on any atom is 0.167 e. The van der Waals surface area contributed by atoms with Crippen molar-refractivity contribution in [3.05, 3.63) is 58.0 Å². The first kappa shape index (κ1) is 11.5. The lowest BCUT2D eigenvalue weighted by Crippen LogP contribution is -2.18. The molecule has 0 bridgehead atoms. The van der Waals surface area contributed by atoms with Crippen LogP contribution in [-0.4, -0.2) is 5.78 Å². The van der Waals surface area contributed by atoms with Gasteiger partial charge in [0, 0.05) is 17.9 Å². The first-order valence-corrected chi connectivity index (χ1v) is 6.39. The van der Waals surface area contributed by atoms with E-state index >= 15 is 0 Å². The summed E-state index contributed by atoms with van der Waals surface area (Å²) in [6.45, 7) is 1.91. The molecule has 0 saturated heterocycles. The van der Waals surface area contributed by atoms with Crippen molar-refractivity contribution < 1.29 is 9.21 Å². The maximum absolute atomic E-state index is 12.2. The highest BCUT2D eigenvalue weighted by molar-refractivity contribution is 6.31. The number of fused-ring (bicyclic) bond motifs is 1. The second kappa shape index (κ2) is 4.29. The van der Waals surface area contributed by atoms with E-state index in [2.05, 4.69) is 0 Å². The molecule has 1 aliphatic carbocycles. The molecule has 18 heavy (non-hydrogen) atoms. The fraction of sp³-hybridized carbons (Fsp3) is 0.267. The molecular weight excluding hydrogens is 248 g/mol. The van der Waals surface area contributed by atoms with Gasteiger partial charge in [-0.05, 0) is 30.0 Å². The summed E-state index contributed by atoms with van der Waals surface area (Å²) >= 11 is 6.20. The number of rotatable bonds is 1. The minimum Gasteiger partial charge on any atom is -0.468 e. The first-order chi connectivity index (χ1) is 8.66. The van der Waals surface area contributed by atoms with E-state index in [1.807, 2.05) is 31.2 Å². The van der Waals surface area contributed by atoms with Crippen molar-refractivity contribution in [1.82, 2.24) is 0 Å². The highest BCUT2D eigenvalue weighted by Crippen LogP contribution is 2.37. The zero-order valence-electron chi connectivity index (χ0n) is 10.1. The Labute approximate surface area is 111 Å². The topological polar surface area (TPSA) is 30.2 Å². The minimum atomic E-state index is 0.129. The number of Topliss-reactive ketones (excluding diaryl/α,β-unsaturated/α-hetero) is 1. The van der Waals surface area contributed by atoms with Gasteiger partial charge in [-0.25, -0.2) is 0 Å². The SMILES string of the molecule is Cc1coc2c1C(=O)C[C@@H](c1ccccc1Cl)C2. The van der Waals surface area contributed by atoms with Crippen LogP contribution in [0.2, 0.25) is 5.02 Å². The van der Waals surface area contributed by atoms with Crippen LogP contribution in [-0.2, 0) is 6.42 Å². The largest absolute Gasteiger partial charge is 0.468 e. The summed E-state index contributed by atoms with van der Waals surface area (Å²) in [5.41, 5.74) is 2.75. The van der Waals surface area contributed by atoms with Gasteiger partial charge in [0.2, 0.25) is 0 Å². The summed E-state index contributed by atoms with van der Waals surface area (Å²) < 4.78 is 5.48. The van der Waals surface area contributed by atoms with E-state index in [0.717, 1.165) is 33.9 Å². The zero-order valence-corrected chi connectivity index (χ0v) is 10.8. The predicted octanol–water partition coefficient (Wildman–Crippen LogP) is 4.15. The minimum absolute atomic E-state index is 0.129. The quantitative estimate of drug-likeness (QED) is 0.771. The Bertz CT molecular complexity index is 613. The van der Waals surface area contributed by atoms with Gasteiger partial charge >= 0.3 is 0 Å². The summed E-state index contributed by atoms with van der Waals surface area (Å²) in [5, 5.41) is 0.724. The second-order valence-electron chi connectivity index (χ2n) is 4.77. The number of furan rings is 1. The molecule has 1 aromatic heterocycles. The summed E-state index contributed by atoms with van der Waals surface area (Å²) in [6, 6.07) is 7.71. The van der Waals surface area contributed by atoms with Crippen molar-refractivity contribution in [2.45, 2.75) is 25.7 Å². The number of ketones is 1. The van der Waals surface area contributed by atoms with Crippen LogP contribution in [0.25, 0.3) is 0 Å². The Balaban J connectivity index is 2.00. The van der Waals surface area contributed by atoms with Crippen LogP contribution in [0.4, 0.5) is 0 Å². The van der Waals surface area contributed by atoms with Crippen molar-refractivity contribution in [3.63, 3.8) is 0 Å². The molecule has 2 aromatic rings. The summed E-state index contributed by atoms with van der Waals surface area (Å²) in [4.78, 5) is 12.2. The van der Waals surface area contributed by atoms with E-state index in [-0.39, 0.29) is 11.7 Å². The molecule has 0 fully saturated rings. The number of aryl methyl sites for hydroxylation is 1. The summed E-state index contributed by atoms with van der Waals surface area (Å²) in [5.74, 6) is 1.09. The highest BCUT2D eigenvalue weighted by atomic mass is 35.5. The van der Waals surface area contributed by atoms with E-state index in [0.29, 0.717) is 6.42 Å². The van der Waals surface area contributed by atoms with E-state index in [9.17, 15) is 4.79 Å². The lowest BCUT2D eigenvalue weighted by Gasteiger charge is -2.21. The van der Waals surface area contributed by atoms with Crippen LogP contribution in [0.1, 0.15) is 39.6 Å². The molecule has 1 heterocycles. The molecule has 0 aliphatic heterocycles. The third-order valence-corrected chi connectivity index (χ3v) is 3.88. The van der Waals surface area contributed by atoms with Gasteiger partial charge in [-0.3, -0.25) is 4.79 Å². The van der Waals surface area contributed by atoms with Crippen LogP contribution >= 0.6 is 11.6 Å². The molecule has 3 rings (SSSR count). The normalized spacial score (nSPS) is 18.8. The van der Waals surface area contributed by atoms with Gasteiger partial charge in [-0.2, -0.15) is 0 Å². The molecule has 0 N–H and O–H groups in total. The van der Waals surface area contributed by atoms with Gasteiger partial charge in [0.25, 0.3) is 0 Å². The van der Waals surface area contributed by atoms with Crippen LogP contribution < -0.4 is 0 Å². The predicted molar refractivity (Wildman–Crippen MR) is 70.3 cm³/mol. The third kappa shape index (κ3) is 1.77. The lowest BCUT2D eigenvalue weighted by atomic mass is 9.82. The number of halogens is 1.